The molecule has 2 aromatic rings. The molecule has 0 aliphatic heterocycles. The summed E-state index contributed by atoms with van der Waals surface area (Å²) in [6, 6.07) is 6.09. The van der Waals surface area contributed by atoms with Crippen molar-refractivity contribution in [2.45, 2.75) is 13.8 Å². The van der Waals surface area contributed by atoms with Crippen LogP contribution in [0.15, 0.2) is 22.7 Å². The van der Waals surface area contributed by atoms with Crippen molar-refractivity contribution in [2.24, 2.45) is 12.8 Å². The summed E-state index contributed by atoms with van der Waals surface area (Å²) in [6.45, 7) is 3.94. The quantitative estimate of drug-likeness (QED) is 0.844. The first-order valence-electron chi connectivity index (χ1n) is 5.76. The van der Waals surface area contributed by atoms with Crippen LogP contribution < -0.4 is 11.1 Å². The van der Waals surface area contributed by atoms with E-state index in [2.05, 4.69) is 32.4 Å². The Balaban J connectivity index is 2.49. The minimum Gasteiger partial charge on any atom is -0.389 e. The predicted molar refractivity (Wildman–Crippen MR) is 86.0 cm³/mol. The molecular weight excluding hydrogens is 324 g/mol. The fourth-order valence-electron chi connectivity index (χ4n) is 1.96. The SMILES string of the molecule is Cc1ccc(Br)c(Nc2c(C(N)=S)c(C)nn2C)c1. The van der Waals surface area contributed by atoms with Crippen molar-refractivity contribution in [3.05, 3.63) is 39.5 Å². The zero-order valence-corrected chi connectivity index (χ0v) is 13.4. The number of halogens is 1. The Labute approximate surface area is 126 Å². The van der Waals surface area contributed by atoms with Crippen molar-refractivity contribution in [3.8, 4) is 0 Å². The van der Waals surface area contributed by atoms with Crippen LogP contribution in [0, 0.1) is 13.8 Å². The van der Waals surface area contributed by atoms with E-state index in [-0.39, 0.29) is 0 Å². The van der Waals surface area contributed by atoms with Gasteiger partial charge in [-0.3, -0.25) is 4.68 Å². The molecule has 0 unspecified atom stereocenters. The molecule has 0 radical (unpaired) electrons. The molecule has 0 fully saturated rings. The summed E-state index contributed by atoms with van der Waals surface area (Å²) < 4.78 is 2.73. The summed E-state index contributed by atoms with van der Waals surface area (Å²) in [4.78, 5) is 0.344. The summed E-state index contributed by atoms with van der Waals surface area (Å²) in [5.41, 5.74) is 9.51. The summed E-state index contributed by atoms with van der Waals surface area (Å²) in [6.07, 6.45) is 0. The summed E-state index contributed by atoms with van der Waals surface area (Å²) in [7, 11) is 1.86. The van der Waals surface area contributed by atoms with Gasteiger partial charge in [-0.1, -0.05) is 18.3 Å². The van der Waals surface area contributed by atoms with Gasteiger partial charge in [0.05, 0.1) is 16.9 Å². The smallest absolute Gasteiger partial charge is 0.138 e. The zero-order chi connectivity index (χ0) is 14.2. The number of thiocarbonyl (C=S) groups is 1. The van der Waals surface area contributed by atoms with E-state index in [4.69, 9.17) is 18.0 Å². The van der Waals surface area contributed by atoms with Gasteiger partial charge in [0.15, 0.2) is 0 Å². The standard InChI is InChI=1S/C13H15BrN4S/c1-7-4-5-9(14)10(6-7)16-13-11(12(15)19)8(2)17-18(13)3/h4-6,16H,1-3H3,(H2,15,19). The number of nitrogens with one attached hydrogen (secondary N) is 1. The number of aromatic nitrogens is 2. The highest BCUT2D eigenvalue weighted by Crippen LogP contribution is 2.29. The third-order valence-corrected chi connectivity index (χ3v) is 3.74. The Morgan fingerprint density at radius 1 is 1.42 bits per heavy atom. The molecule has 100 valence electrons. The van der Waals surface area contributed by atoms with Gasteiger partial charge in [0.25, 0.3) is 0 Å². The van der Waals surface area contributed by atoms with Gasteiger partial charge in [-0.15, -0.1) is 0 Å². The fraction of sp³-hybridized carbons (Fsp3) is 0.231. The van der Waals surface area contributed by atoms with Gasteiger partial charge >= 0.3 is 0 Å². The topological polar surface area (TPSA) is 55.9 Å². The normalized spacial score (nSPS) is 10.5. The number of anilines is 2. The summed E-state index contributed by atoms with van der Waals surface area (Å²) >= 11 is 8.62. The maximum absolute atomic E-state index is 5.78. The average Bonchev–Trinajstić information content (AvgIpc) is 2.59. The number of nitrogens with zero attached hydrogens (tertiary/aromatic N) is 2. The van der Waals surface area contributed by atoms with Gasteiger partial charge in [-0.25, -0.2) is 0 Å². The van der Waals surface area contributed by atoms with Crippen LogP contribution in [0.25, 0.3) is 0 Å². The molecule has 0 bridgehead atoms. The highest BCUT2D eigenvalue weighted by molar-refractivity contribution is 9.10. The number of rotatable bonds is 3. The minimum atomic E-state index is 0.344. The van der Waals surface area contributed by atoms with Gasteiger partial charge in [-0.05, 0) is 47.5 Å². The molecule has 0 spiro atoms. The molecule has 0 saturated heterocycles. The van der Waals surface area contributed by atoms with Crippen molar-refractivity contribution >= 4 is 44.6 Å². The average molecular weight is 339 g/mol. The fourth-order valence-corrected chi connectivity index (χ4v) is 2.55. The van der Waals surface area contributed by atoms with Gasteiger partial charge in [0, 0.05) is 11.5 Å². The number of aryl methyl sites for hydroxylation is 3. The van der Waals surface area contributed by atoms with Crippen molar-refractivity contribution < 1.29 is 0 Å². The lowest BCUT2D eigenvalue weighted by molar-refractivity contribution is 0.765. The lowest BCUT2D eigenvalue weighted by Crippen LogP contribution is -2.13. The third kappa shape index (κ3) is 2.79. The van der Waals surface area contributed by atoms with E-state index in [1.807, 2.05) is 33.0 Å². The van der Waals surface area contributed by atoms with Crippen molar-refractivity contribution in [3.63, 3.8) is 0 Å². The molecule has 19 heavy (non-hydrogen) atoms. The van der Waals surface area contributed by atoms with Crippen LogP contribution in [0.2, 0.25) is 0 Å². The Morgan fingerprint density at radius 2 is 2.11 bits per heavy atom. The molecule has 0 aliphatic carbocycles. The maximum atomic E-state index is 5.78. The first-order chi connectivity index (χ1) is 8.90. The van der Waals surface area contributed by atoms with Crippen LogP contribution in [0.5, 0.6) is 0 Å². The maximum Gasteiger partial charge on any atom is 0.138 e. The van der Waals surface area contributed by atoms with E-state index in [9.17, 15) is 0 Å². The van der Waals surface area contributed by atoms with E-state index in [0.29, 0.717) is 4.99 Å². The van der Waals surface area contributed by atoms with E-state index < -0.39 is 0 Å². The van der Waals surface area contributed by atoms with Crippen LogP contribution >= 0.6 is 28.1 Å². The Hall–Kier alpha value is -1.40. The minimum absolute atomic E-state index is 0.344. The number of hydrogen-bond acceptors (Lipinski definition) is 3. The lowest BCUT2D eigenvalue weighted by Gasteiger charge is -2.11. The zero-order valence-electron chi connectivity index (χ0n) is 11.0. The monoisotopic (exact) mass is 338 g/mol. The van der Waals surface area contributed by atoms with E-state index in [0.717, 1.165) is 27.2 Å². The van der Waals surface area contributed by atoms with Crippen LogP contribution in [-0.4, -0.2) is 14.8 Å². The molecular formula is C13H15BrN4S. The first-order valence-corrected chi connectivity index (χ1v) is 6.97. The second-order valence-electron chi connectivity index (χ2n) is 4.41. The van der Waals surface area contributed by atoms with Gasteiger partial charge < -0.3 is 11.1 Å². The first kappa shape index (κ1) is 14.0. The third-order valence-electron chi connectivity index (χ3n) is 2.84. The highest BCUT2D eigenvalue weighted by atomic mass is 79.9. The lowest BCUT2D eigenvalue weighted by atomic mass is 10.2. The van der Waals surface area contributed by atoms with Crippen molar-refractivity contribution in [1.29, 1.82) is 0 Å². The van der Waals surface area contributed by atoms with Crippen LogP contribution in [0.4, 0.5) is 11.5 Å². The van der Waals surface area contributed by atoms with Gasteiger partial charge in [0.1, 0.15) is 10.8 Å². The Kier molecular flexibility index (Phi) is 3.91. The molecule has 1 aromatic carbocycles. The van der Waals surface area contributed by atoms with Crippen LogP contribution in [0.3, 0.4) is 0 Å². The van der Waals surface area contributed by atoms with Crippen LogP contribution in [-0.2, 0) is 7.05 Å². The van der Waals surface area contributed by atoms with Gasteiger partial charge in [0.2, 0.25) is 0 Å². The predicted octanol–water partition coefficient (Wildman–Crippen LogP) is 3.18. The highest BCUT2D eigenvalue weighted by Gasteiger charge is 2.16. The molecule has 1 heterocycles. The molecule has 0 saturated carbocycles. The van der Waals surface area contributed by atoms with Crippen molar-refractivity contribution in [1.82, 2.24) is 9.78 Å². The molecule has 2 rings (SSSR count). The largest absolute Gasteiger partial charge is 0.389 e. The molecule has 0 aliphatic rings. The number of benzene rings is 1. The summed E-state index contributed by atoms with van der Waals surface area (Å²) in [5, 5.41) is 7.69. The second-order valence-corrected chi connectivity index (χ2v) is 5.70. The number of nitrogens with two attached hydrogens (primary N) is 1. The van der Waals surface area contributed by atoms with E-state index in [1.54, 1.807) is 4.68 Å². The molecule has 4 nitrogen and oxygen atoms in total. The molecule has 0 amide bonds. The van der Waals surface area contributed by atoms with Crippen molar-refractivity contribution in [2.75, 3.05) is 5.32 Å². The molecule has 3 N–H and O–H groups in total. The summed E-state index contributed by atoms with van der Waals surface area (Å²) in [5.74, 6) is 0.802. The molecule has 0 atom stereocenters. The van der Waals surface area contributed by atoms with Crippen LogP contribution in [0.1, 0.15) is 16.8 Å². The van der Waals surface area contributed by atoms with Gasteiger partial charge in [-0.2, -0.15) is 5.10 Å². The molecule has 1 aromatic heterocycles. The second kappa shape index (κ2) is 5.30. The van der Waals surface area contributed by atoms with E-state index >= 15 is 0 Å². The van der Waals surface area contributed by atoms with E-state index in [1.165, 1.54) is 5.56 Å². The number of hydrogen-bond donors (Lipinski definition) is 2. The molecule has 6 heteroatoms. The Bertz CT molecular complexity index is 648. The Morgan fingerprint density at radius 3 is 2.74 bits per heavy atom.